The fourth-order valence-corrected chi connectivity index (χ4v) is 2.99. The number of nitrogens with one attached hydrogen (secondary N) is 1. The van der Waals surface area contributed by atoms with Crippen LogP contribution in [0.3, 0.4) is 0 Å². The van der Waals surface area contributed by atoms with Crippen LogP contribution in [-0.4, -0.2) is 16.1 Å². The van der Waals surface area contributed by atoms with Crippen LogP contribution in [-0.2, 0) is 6.42 Å². The molecule has 102 valence electrons. The van der Waals surface area contributed by atoms with E-state index >= 15 is 0 Å². The number of hydrogen-bond acceptors (Lipinski definition) is 4. The topological polar surface area (TPSA) is 37.8 Å². The Morgan fingerprint density at radius 1 is 1.26 bits per heavy atom. The summed E-state index contributed by atoms with van der Waals surface area (Å²) in [6.07, 6.45) is 2.05. The van der Waals surface area contributed by atoms with Gasteiger partial charge >= 0.3 is 0 Å². The second kappa shape index (κ2) is 6.98. The molecule has 0 aliphatic rings. The predicted octanol–water partition coefficient (Wildman–Crippen LogP) is 3.84. The summed E-state index contributed by atoms with van der Waals surface area (Å²) in [6, 6.07) is 8.13. The van der Waals surface area contributed by atoms with Crippen LogP contribution in [0.15, 0.2) is 24.3 Å². The number of aromatic nitrogens is 2. The molecule has 0 aliphatic carbocycles. The highest BCUT2D eigenvalue weighted by Gasteiger charge is 2.19. The van der Waals surface area contributed by atoms with Gasteiger partial charge in [-0.2, -0.15) is 0 Å². The molecule has 0 fully saturated rings. The van der Waals surface area contributed by atoms with Gasteiger partial charge in [-0.15, -0.1) is 5.10 Å². The van der Waals surface area contributed by atoms with Gasteiger partial charge in [0.05, 0.1) is 16.6 Å². The van der Waals surface area contributed by atoms with Gasteiger partial charge in [-0.3, -0.25) is 0 Å². The normalized spacial score (nSPS) is 12.6. The summed E-state index contributed by atoms with van der Waals surface area (Å²) in [5.41, 5.74) is 2.31. The molecule has 1 heterocycles. The molecule has 2 rings (SSSR count). The number of halogens is 1. The van der Waals surface area contributed by atoms with Gasteiger partial charge in [0.1, 0.15) is 0 Å². The van der Waals surface area contributed by atoms with E-state index in [-0.39, 0.29) is 6.04 Å². The average Bonchev–Trinajstić information content (AvgIpc) is 2.86. The van der Waals surface area contributed by atoms with Crippen molar-refractivity contribution in [2.45, 2.75) is 32.7 Å². The van der Waals surface area contributed by atoms with Crippen molar-refractivity contribution in [1.29, 1.82) is 0 Å². The minimum absolute atomic E-state index is 0.156. The zero-order valence-corrected chi connectivity index (χ0v) is 12.8. The zero-order valence-electron chi connectivity index (χ0n) is 11.2. The third kappa shape index (κ3) is 3.53. The Hall–Kier alpha value is -0.970. The molecule has 1 aromatic carbocycles. The largest absolute Gasteiger partial charge is 0.306 e. The summed E-state index contributed by atoms with van der Waals surface area (Å²) < 4.78 is 4.11. The molecule has 1 atom stereocenters. The van der Waals surface area contributed by atoms with Crippen molar-refractivity contribution in [2.24, 2.45) is 0 Å². The summed E-state index contributed by atoms with van der Waals surface area (Å²) in [4.78, 5) is 1.21. The summed E-state index contributed by atoms with van der Waals surface area (Å²) in [5, 5.41) is 8.52. The van der Waals surface area contributed by atoms with Crippen LogP contribution in [0.4, 0.5) is 0 Å². The van der Waals surface area contributed by atoms with Crippen LogP contribution in [0, 0.1) is 0 Å². The lowest BCUT2D eigenvalue weighted by atomic mass is 10.0. The van der Waals surface area contributed by atoms with Crippen LogP contribution < -0.4 is 5.32 Å². The van der Waals surface area contributed by atoms with Crippen molar-refractivity contribution in [2.75, 3.05) is 6.54 Å². The minimum Gasteiger partial charge on any atom is -0.306 e. The fourth-order valence-electron chi connectivity index (χ4n) is 2.07. The highest BCUT2D eigenvalue weighted by molar-refractivity contribution is 7.05. The number of aryl methyl sites for hydroxylation is 1. The lowest BCUT2D eigenvalue weighted by molar-refractivity contribution is 0.631. The van der Waals surface area contributed by atoms with Gasteiger partial charge in [0.25, 0.3) is 0 Å². The quantitative estimate of drug-likeness (QED) is 0.880. The van der Waals surface area contributed by atoms with Gasteiger partial charge in [-0.05, 0) is 42.2 Å². The van der Waals surface area contributed by atoms with Gasteiger partial charge in [-0.1, -0.05) is 48.5 Å². The average molecular weight is 296 g/mol. The van der Waals surface area contributed by atoms with Crippen molar-refractivity contribution in [3.05, 3.63) is 45.4 Å². The van der Waals surface area contributed by atoms with E-state index < -0.39 is 0 Å². The maximum Gasteiger partial charge on any atom is 0.0807 e. The predicted molar refractivity (Wildman–Crippen MR) is 80.9 cm³/mol. The molecule has 0 amide bonds. The molecule has 2 aromatic rings. The van der Waals surface area contributed by atoms with E-state index in [1.807, 2.05) is 12.1 Å². The zero-order chi connectivity index (χ0) is 13.7. The SMILES string of the molecule is CCCc1nnsc1C(NCC)c1ccc(Cl)cc1. The Bertz CT molecular complexity index is 510. The van der Waals surface area contributed by atoms with E-state index in [0.29, 0.717) is 0 Å². The Morgan fingerprint density at radius 2 is 2.00 bits per heavy atom. The molecular formula is C14H18ClN3S. The lowest BCUT2D eigenvalue weighted by Gasteiger charge is -2.17. The Labute approximate surface area is 123 Å². The van der Waals surface area contributed by atoms with Crippen molar-refractivity contribution < 1.29 is 0 Å². The third-order valence-corrected chi connectivity index (χ3v) is 4.03. The molecule has 0 saturated carbocycles. The van der Waals surface area contributed by atoms with Crippen LogP contribution in [0.2, 0.25) is 5.02 Å². The Kier molecular flexibility index (Phi) is 5.31. The first-order chi connectivity index (χ1) is 9.26. The highest BCUT2D eigenvalue weighted by Crippen LogP contribution is 2.28. The summed E-state index contributed by atoms with van der Waals surface area (Å²) in [6.45, 7) is 5.17. The fraction of sp³-hybridized carbons (Fsp3) is 0.429. The molecule has 0 radical (unpaired) electrons. The molecule has 19 heavy (non-hydrogen) atoms. The van der Waals surface area contributed by atoms with Crippen molar-refractivity contribution >= 4 is 23.1 Å². The Balaban J connectivity index is 2.33. The van der Waals surface area contributed by atoms with E-state index in [2.05, 4.69) is 40.9 Å². The van der Waals surface area contributed by atoms with Crippen molar-refractivity contribution in [3.63, 3.8) is 0 Å². The molecule has 0 bridgehead atoms. The lowest BCUT2D eigenvalue weighted by Crippen LogP contribution is -2.22. The maximum absolute atomic E-state index is 5.96. The van der Waals surface area contributed by atoms with Gasteiger partial charge < -0.3 is 5.32 Å². The monoisotopic (exact) mass is 295 g/mol. The third-order valence-electron chi connectivity index (χ3n) is 2.95. The number of rotatable bonds is 6. The minimum atomic E-state index is 0.156. The van der Waals surface area contributed by atoms with E-state index in [4.69, 9.17) is 11.6 Å². The molecule has 0 saturated heterocycles. The summed E-state index contributed by atoms with van der Waals surface area (Å²) >= 11 is 7.44. The molecule has 1 N–H and O–H groups in total. The highest BCUT2D eigenvalue weighted by atomic mass is 35.5. The van der Waals surface area contributed by atoms with E-state index in [0.717, 1.165) is 30.1 Å². The number of nitrogens with zero attached hydrogens (tertiary/aromatic N) is 2. The standard InChI is InChI=1S/C14H18ClN3S/c1-3-5-12-14(19-18-17-12)13(16-4-2)10-6-8-11(15)9-7-10/h6-9,13,16H,3-5H2,1-2H3. The molecule has 0 aliphatic heterocycles. The smallest absolute Gasteiger partial charge is 0.0807 e. The first kappa shape index (κ1) is 14.4. The summed E-state index contributed by atoms with van der Waals surface area (Å²) in [5.74, 6) is 0. The molecule has 5 heteroatoms. The van der Waals surface area contributed by atoms with Crippen molar-refractivity contribution in [3.8, 4) is 0 Å². The number of hydrogen-bond donors (Lipinski definition) is 1. The number of benzene rings is 1. The van der Waals surface area contributed by atoms with Gasteiger partial charge in [0, 0.05) is 5.02 Å². The van der Waals surface area contributed by atoms with Gasteiger partial charge in [-0.25, -0.2) is 0 Å². The van der Waals surface area contributed by atoms with Crippen molar-refractivity contribution in [1.82, 2.24) is 14.9 Å². The molecule has 0 spiro atoms. The van der Waals surface area contributed by atoms with Crippen LogP contribution in [0.1, 0.15) is 42.4 Å². The van der Waals surface area contributed by atoms with E-state index in [1.54, 1.807) is 0 Å². The van der Waals surface area contributed by atoms with Crippen LogP contribution in [0.25, 0.3) is 0 Å². The summed E-state index contributed by atoms with van der Waals surface area (Å²) in [7, 11) is 0. The second-order valence-electron chi connectivity index (χ2n) is 4.38. The second-order valence-corrected chi connectivity index (χ2v) is 5.60. The Morgan fingerprint density at radius 3 is 2.63 bits per heavy atom. The molecule has 1 unspecified atom stereocenters. The van der Waals surface area contributed by atoms with Crippen LogP contribution >= 0.6 is 23.1 Å². The first-order valence-electron chi connectivity index (χ1n) is 6.56. The molecule has 3 nitrogen and oxygen atoms in total. The molecular weight excluding hydrogens is 278 g/mol. The van der Waals surface area contributed by atoms with Gasteiger partial charge in [0.15, 0.2) is 0 Å². The van der Waals surface area contributed by atoms with E-state index in [9.17, 15) is 0 Å². The van der Waals surface area contributed by atoms with Gasteiger partial charge in [0.2, 0.25) is 0 Å². The first-order valence-corrected chi connectivity index (χ1v) is 7.71. The van der Waals surface area contributed by atoms with Crippen LogP contribution in [0.5, 0.6) is 0 Å². The molecule has 1 aromatic heterocycles. The maximum atomic E-state index is 5.96. The van der Waals surface area contributed by atoms with E-state index in [1.165, 1.54) is 22.0 Å².